The molecule has 1 amide bonds. The SMILES string of the molecule is CN1CCN(CCCCNC(=O)c2ccc(S(=O)(=O)N3CCOCC3)cc2)CC1. The molecule has 0 saturated carbocycles. The van der Waals surface area contributed by atoms with E-state index in [0.29, 0.717) is 38.4 Å². The molecule has 8 nitrogen and oxygen atoms in total. The summed E-state index contributed by atoms with van der Waals surface area (Å²) >= 11 is 0. The van der Waals surface area contributed by atoms with Crippen LogP contribution >= 0.6 is 0 Å². The van der Waals surface area contributed by atoms with E-state index in [9.17, 15) is 13.2 Å². The van der Waals surface area contributed by atoms with Crippen LogP contribution in [-0.2, 0) is 14.8 Å². The number of ether oxygens (including phenoxy) is 1. The van der Waals surface area contributed by atoms with Gasteiger partial charge in [-0.1, -0.05) is 0 Å². The third-order valence-corrected chi connectivity index (χ3v) is 7.42. The Hall–Kier alpha value is -1.52. The van der Waals surface area contributed by atoms with Crippen LogP contribution < -0.4 is 5.32 Å². The molecule has 29 heavy (non-hydrogen) atoms. The van der Waals surface area contributed by atoms with Crippen molar-refractivity contribution in [3.05, 3.63) is 29.8 Å². The lowest BCUT2D eigenvalue weighted by atomic mass is 10.2. The first kappa shape index (κ1) is 22.2. The number of carbonyl (C=O) groups excluding carboxylic acids is 1. The zero-order valence-electron chi connectivity index (χ0n) is 17.2. The first-order valence-electron chi connectivity index (χ1n) is 10.3. The van der Waals surface area contributed by atoms with Gasteiger partial charge in [0.2, 0.25) is 10.0 Å². The molecule has 162 valence electrons. The Morgan fingerprint density at radius 1 is 1.00 bits per heavy atom. The molecule has 9 heteroatoms. The molecule has 2 aliphatic rings. The number of nitrogens with zero attached hydrogens (tertiary/aromatic N) is 3. The largest absolute Gasteiger partial charge is 0.379 e. The smallest absolute Gasteiger partial charge is 0.251 e. The number of likely N-dealkylation sites (N-methyl/N-ethyl adjacent to an activating group) is 1. The number of hydrogen-bond donors (Lipinski definition) is 1. The standard InChI is InChI=1S/C20H32N4O4S/c1-22-10-12-23(13-11-22)9-3-2-8-21-20(25)18-4-6-19(7-5-18)29(26,27)24-14-16-28-17-15-24/h4-7H,2-3,8-17H2,1H3,(H,21,25). The first-order valence-corrected chi connectivity index (χ1v) is 11.8. The maximum Gasteiger partial charge on any atom is 0.251 e. The van der Waals surface area contributed by atoms with Gasteiger partial charge in [-0.15, -0.1) is 0 Å². The van der Waals surface area contributed by atoms with Crippen LogP contribution in [0.5, 0.6) is 0 Å². The molecule has 0 radical (unpaired) electrons. The summed E-state index contributed by atoms with van der Waals surface area (Å²) in [5.41, 5.74) is 0.477. The molecule has 0 atom stereocenters. The van der Waals surface area contributed by atoms with Crippen LogP contribution in [0.25, 0.3) is 0 Å². The van der Waals surface area contributed by atoms with Crippen molar-refractivity contribution in [2.75, 3.05) is 72.6 Å². The average Bonchev–Trinajstić information content (AvgIpc) is 2.75. The quantitative estimate of drug-likeness (QED) is 0.611. The van der Waals surface area contributed by atoms with Gasteiger partial charge in [0, 0.05) is 51.4 Å². The van der Waals surface area contributed by atoms with Crippen molar-refractivity contribution in [3.63, 3.8) is 0 Å². The van der Waals surface area contributed by atoms with Crippen LogP contribution in [-0.4, -0.2) is 101 Å². The lowest BCUT2D eigenvalue weighted by molar-refractivity contribution is 0.0730. The maximum absolute atomic E-state index is 12.6. The van der Waals surface area contributed by atoms with Crippen LogP contribution in [0.4, 0.5) is 0 Å². The van der Waals surface area contributed by atoms with Crippen LogP contribution in [0, 0.1) is 0 Å². The minimum absolute atomic E-state index is 0.167. The van der Waals surface area contributed by atoms with Gasteiger partial charge in [0.15, 0.2) is 0 Å². The van der Waals surface area contributed by atoms with Gasteiger partial charge >= 0.3 is 0 Å². The topological polar surface area (TPSA) is 82.2 Å². The number of morpholine rings is 1. The van der Waals surface area contributed by atoms with Gasteiger partial charge in [-0.3, -0.25) is 4.79 Å². The normalized spacial score (nSPS) is 19.9. The Morgan fingerprint density at radius 3 is 2.31 bits per heavy atom. The molecule has 1 aromatic carbocycles. The van der Waals surface area contributed by atoms with Crippen LogP contribution in [0.15, 0.2) is 29.2 Å². The van der Waals surface area contributed by atoms with Gasteiger partial charge in [0.1, 0.15) is 0 Å². The number of sulfonamides is 1. The van der Waals surface area contributed by atoms with E-state index >= 15 is 0 Å². The van der Waals surface area contributed by atoms with Crippen molar-refractivity contribution in [3.8, 4) is 0 Å². The van der Waals surface area contributed by atoms with Crippen molar-refractivity contribution in [2.45, 2.75) is 17.7 Å². The van der Waals surface area contributed by atoms with Gasteiger partial charge in [0.25, 0.3) is 5.91 Å². The van der Waals surface area contributed by atoms with E-state index in [1.807, 2.05) is 0 Å². The summed E-state index contributed by atoms with van der Waals surface area (Å²) in [6.45, 7) is 7.70. The number of amides is 1. The summed E-state index contributed by atoms with van der Waals surface area (Å²) in [6.07, 6.45) is 1.99. The number of piperazine rings is 1. The Morgan fingerprint density at radius 2 is 1.66 bits per heavy atom. The molecule has 0 aromatic heterocycles. The number of hydrogen-bond acceptors (Lipinski definition) is 6. The Kier molecular flexibility index (Phi) is 8.02. The monoisotopic (exact) mass is 424 g/mol. The number of rotatable bonds is 8. The van der Waals surface area contributed by atoms with Gasteiger partial charge in [0.05, 0.1) is 18.1 Å². The van der Waals surface area contributed by atoms with E-state index in [1.165, 1.54) is 16.4 Å². The summed E-state index contributed by atoms with van der Waals surface area (Å²) in [5.74, 6) is -0.167. The highest BCUT2D eigenvalue weighted by atomic mass is 32.2. The van der Waals surface area contributed by atoms with E-state index in [4.69, 9.17) is 4.74 Å². The minimum atomic E-state index is -3.53. The highest BCUT2D eigenvalue weighted by Crippen LogP contribution is 2.17. The lowest BCUT2D eigenvalue weighted by Crippen LogP contribution is -2.44. The third-order valence-electron chi connectivity index (χ3n) is 5.51. The van der Waals surface area contributed by atoms with Crippen molar-refractivity contribution in [1.29, 1.82) is 0 Å². The van der Waals surface area contributed by atoms with E-state index < -0.39 is 10.0 Å². The molecule has 2 fully saturated rings. The second kappa shape index (κ2) is 10.5. The zero-order valence-corrected chi connectivity index (χ0v) is 18.0. The number of carbonyl (C=O) groups is 1. The lowest BCUT2D eigenvalue weighted by Gasteiger charge is -2.32. The highest BCUT2D eigenvalue weighted by Gasteiger charge is 2.26. The fraction of sp³-hybridized carbons (Fsp3) is 0.650. The summed E-state index contributed by atoms with van der Waals surface area (Å²) in [6, 6.07) is 6.17. The van der Waals surface area contributed by atoms with Gasteiger partial charge in [-0.05, 0) is 50.7 Å². The molecule has 3 rings (SSSR count). The number of benzene rings is 1. The number of unbranched alkanes of at least 4 members (excludes halogenated alkanes) is 1. The molecule has 0 unspecified atom stereocenters. The molecule has 1 aromatic rings. The summed E-state index contributed by atoms with van der Waals surface area (Å²) in [5, 5.41) is 2.92. The van der Waals surface area contributed by atoms with Crippen molar-refractivity contribution in [2.24, 2.45) is 0 Å². The van der Waals surface area contributed by atoms with Gasteiger partial charge in [-0.25, -0.2) is 8.42 Å². The van der Waals surface area contributed by atoms with Crippen molar-refractivity contribution in [1.82, 2.24) is 19.4 Å². The summed E-state index contributed by atoms with van der Waals surface area (Å²) < 4.78 is 31.9. The predicted octanol–water partition coefficient (Wildman–Crippen LogP) is 0.465. The number of nitrogens with one attached hydrogen (secondary N) is 1. The molecule has 0 aliphatic carbocycles. The predicted molar refractivity (Wildman–Crippen MR) is 112 cm³/mol. The van der Waals surface area contributed by atoms with E-state index in [1.54, 1.807) is 12.1 Å². The fourth-order valence-corrected chi connectivity index (χ4v) is 4.96. The molecule has 1 N–H and O–H groups in total. The molecule has 2 aliphatic heterocycles. The van der Waals surface area contributed by atoms with E-state index in [2.05, 4.69) is 22.2 Å². The fourth-order valence-electron chi connectivity index (χ4n) is 3.55. The van der Waals surface area contributed by atoms with Crippen molar-refractivity contribution < 1.29 is 17.9 Å². The second-order valence-corrected chi connectivity index (χ2v) is 9.59. The van der Waals surface area contributed by atoms with Crippen molar-refractivity contribution >= 4 is 15.9 Å². The average molecular weight is 425 g/mol. The molecule has 2 heterocycles. The Bertz CT molecular complexity index is 755. The molecule has 2 saturated heterocycles. The van der Waals surface area contributed by atoms with Gasteiger partial charge in [-0.2, -0.15) is 4.31 Å². The zero-order chi connectivity index (χ0) is 20.7. The van der Waals surface area contributed by atoms with E-state index in [-0.39, 0.29) is 10.8 Å². The maximum atomic E-state index is 12.6. The molecule has 0 bridgehead atoms. The molecule has 0 spiro atoms. The molecular formula is C20H32N4O4S. The third kappa shape index (κ3) is 6.23. The first-order chi connectivity index (χ1) is 14.0. The summed E-state index contributed by atoms with van der Waals surface area (Å²) in [4.78, 5) is 17.3. The summed E-state index contributed by atoms with van der Waals surface area (Å²) in [7, 11) is -1.38. The van der Waals surface area contributed by atoms with Crippen LogP contribution in [0.3, 0.4) is 0 Å². The minimum Gasteiger partial charge on any atom is -0.379 e. The highest BCUT2D eigenvalue weighted by molar-refractivity contribution is 7.89. The van der Waals surface area contributed by atoms with E-state index in [0.717, 1.165) is 45.6 Å². The van der Waals surface area contributed by atoms with Crippen LogP contribution in [0.2, 0.25) is 0 Å². The Balaban J connectivity index is 1.40. The Labute approximate surface area is 173 Å². The van der Waals surface area contributed by atoms with Gasteiger partial charge < -0.3 is 19.9 Å². The second-order valence-electron chi connectivity index (χ2n) is 7.65. The van der Waals surface area contributed by atoms with Crippen LogP contribution in [0.1, 0.15) is 23.2 Å². The molecular weight excluding hydrogens is 392 g/mol.